The summed E-state index contributed by atoms with van der Waals surface area (Å²) in [5, 5.41) is 0. The Hall–Kier alpha value is -0.420. The fourth-order valence-corrected chi connectivity index (χ4v) is 1.19. The number of aliphatic imine (C=N–C) groups is 1. The van der Waals surface area contributed by atoms with Crippen molar-refractivity contribution in [1.29, 1.82) is 0 Å². The molecule has 0 aliphatic carbocycles. The molecule has 0 radical (unpaired) electrons. The standard InChI is InChI=1S/C8H9Br2N3/c1-13(2)5-11-7-4-3-6(9)8(10)12-7/h3-5H,1-2H3/b11-5+. The van der Waals surface area contributed by atoms with E-state index in [0.29, 0.717) is 5.82 Å². The molecule has 0 unspecified atom stereocenters. The van der Waals surface area contributed by atoms with Gasteiger partial charge in [0.1, 0.15) is 4.60 Å². The third-order valence-corrected chi connectivity index (χ3v) is 2.99. The van der Waals surface area contributed by atoms with Crippen LogP contribution in [0, 0.1) is 0 Å². The van der Waals surface area contributed by atoms with Gasteiger partial charge in [-0.1, -0.05) is 0 Å². The van der Waals surface area contributed by atoms with Crippen LogP contribution < -0.4 is 0 Å². The molecule has 0 bridgehead atoms. The van der Waals surface area contributed by atoms with E-state index < -0.39 is 0 Å². The molecule has 1 aromatic heterocycles. The van der Waals surface area contributed by atoms with Gasteiger partial charge in [-0.3, -0.25) is 0 Å². The first-order chi connectivity index (χ1) is 6.09. The van der Waals surface area contributed by atoms with Crippen molar-refractivity contribution in [2.75, 3.05) is 14.1 Å². The van der Waals surface area contributed by atoms with E-state index in [0.717, 1.165) is 9.08 Å². The summed E-state index contributed by atoms with van der Waals surface area (Å²) < 4.78 is 1.69. The number of aromatic nitrogens is 1. The quantitative estimate of drug-likeness (QED) is 0.477. The lowest BCUT2D eigenvalue weighted by atomic mass is 10.5. The molecule has 0 aliphatic heterocycles. The lowest BCUT2D eigenvalue weighted by molar-refractivity contribution is 0.643. The molecule has 0 fully saturated rings. The maximum atomic E-state index is 4.19. The van der Waals surface area contributed by atoms with Crippen LogP contribution in [0.5, 0.6) is 0 Å². The molecule has 1 rings (SSSR count). The number of hydrogen-bond donors (Lipinski definition) is 0. The molecule has 3 nitrogen and oxygen atoms in total. The topological polar surface area (TPSA) is 28.5 Å². The Morgan fingerprint density at radius 1 is 1.38 bits per heavy atom. The molecule has 0 aromatic carbocycles. The lowest BCUT2D eigenvalue weighted by Gasteiger charge is -2.02. The van der Waals surface area contributed by atoms with Gasteiger partial charge in [0.25, 0.3) is 0 Å². The van der Waals surface area contributed by atoms with E-state index >= 15 is 0 Å². The van der Waals surface area contributed by atoms with Crippen LogP contribution in [0.25, 0.3) is 0 Å². The highest BCUT2D eigenvalue weighted by Crippen LogP contribution is 2.23. The van der Waals surface area contributed by atoms with E-state index in [-0.39, 0.29) is 0 Å². The molecule has 0 saturated heterocycles. The summed E-state index contributed by atoms with van der Waals surface area (Å²) in [6.07, 6.45) is 1.71. The zero-order valence-corrected chi connectivity index (χ0v) is 10.5. The van der Waals surface area contributed by atoms with Gasteiger partial charge in [0, 0.05) is 14.1 Å². The zero-order chi connectivity index (χ0) is 9.84. The number of halogens is 2. The van der Waals surface area contributed by atoms with Gasteiger partial charge in [-0.25, -0.2) is 9.98 Å². The molecule has 0 spiro atoms. The van der Waals surface area contributed by atoms with Crippen molar-refractivity contribution >= 4 is 44.0 Å². The van der Waals surface area contributed by atoms with Crippen LogP contribution in [0.3, 0.4) is 0 Å². The van der Waals surface area contributed by atoms with Gasteiger partial charge >= 0.3 is 0 Å². The first-order valence-corrected chi connectivity index (χ1v) is 5.21. The lowest BCUT2D eigenvalue weighted by Crippen LogP contribution is -2.07. The maximum absolute atomic E-state index is 4.19. The van der Waals surface area contributed by atoms with E-state index in [1.165, 1.54) is 0 Å². The van der Waals surface area contributed by atoms with Crippen LogP contribution >= 0.6 is 31.9 Å². The second-order valence-corrected chi connectivity index (χ2v) is 4.26. The van der Waals surface area contributed by atoms with Crippen LogP contribution in [-0.2, 0) is 0 Å². The molecule has 5 heteroatoms. The minimum Gasteiger partial charge on any atom is -0.369 e. The first kappa shape index (κ1) is 10.7. The van der Waals surface area contributed by atoms with Crippen LogP contribution in [0.4, 0.5) is 5.82 Å². The summed E-state index contributed by atoms with van der Waals surface area (Å²) in [6.45, 7) is 0. The molecule has 0 amide bonds. The second-order valence-electron chi connectivity index (χ2n) is 2.65. The molecular formula is C8H9Br2N3. The molecular weight excluding hydrogens is 298 g/mol. The van der Waals surface area contributed by atoms with Crippen molar-refractivity contribution in [1.82, 2.24) is 9.88 Å². The van der Waals surface area contributed by atoms with Gasteiger partial charge in [-0.05, 0) is 44.0 Å². The third kappa shape index (κ3) is 3.44. The van der Waals surface area contributed by atoms with Crippen molar-refractivity contribution < 1.29 is 0 Å². The average Bonchev–Trinajstić information content (AvgIpc) is 2.07. The number of rotatable bonds is 2. The van der Waals surface area contributed by atoms with Crippen molar-refractivity contribution in [2.45, 2.75) is 0 Å². The van der Waals surface area contributed by atoms with Gasteiger partial charge in [-0.15, -0.1) is 0 Å². The fourth-order valence-electron chi connectivity index (χ4n) is 0.654. The largest absolute Gasteiger partial charge is 0.369 e. The molecule has 13 heavy (non-hydrogen) atoms. The normalized spacial score (nSPS) is 10.8. The first-order valence-electron chi connectivity index (χ1n) is 3.62. The smallest absolute Gasteiger partial charge is 0.154 e. The van der Waals surface area contributed by atoms with Crippen molar-refractivity contribution in [3.05, 3.63) is 21.2 Å². The Bertz CT molecular complexity index is 323. The van der Waals surface area contributed by atoms with Crippen LogP contribution in [0.1, 0.15) is 0 Å². The third-order valence-electron chi connectivity index (χ3n) is 1.21. The van der Waals surface area contributed by atoms with Crippen LogP contribution in [0.2, 0.25) is 0 Å². The van der Waals surface area contributed by atoms with Crippen molar-refractivity contribution in [3.63, 3.8) is 0 Å². The number of pyridine rings is 1. The van der Waals surface area contributed by atoms with Crippen molar-refractivity contribution in [3.8, 4) is 0 Å². The van der Waals surface area contributed by atoms with Gasteiger partial charge in [0.15, 0.2) is 5.82 Å². The Balaban J connectivity index is 2.85. The Labute approximate surface area is 94.1 Å². The molecule has 0 N–H and O–H groups in total. The van der Waals surface area contributed by atoms with Crippen LogP contribution in [-0.4, -0.2) is 30.3 Å². The highest BCUT2D eigenvalue weighted by atomic mass is 79.9. The molecule has 0 saturated carbocycles. The van der Waals surface area contributed by atoms with Crippen LogP contribution in [0.15, 0.2) is 26.2 Å². The SMILES string of the molecule is CN(C)/C=N/c1ccc(Br)c(Br)n1. The highest BCUT2D eigenvalue weighted by Gasteiger charge is 1.97. The van der Waals surface area contributed by atoms with Gasteiger partial charge in [-0.2, -0.15) is 0 Å². The summed E-state index contributed by atoms with van der Waals surface area (Å²) >= 11 is 6.65. The molecule has 70 valence electrons. The van der Waals surface area contributed by atoms with E-state index in [1.54, 1.807) is 6.34 Å². The summed E-state index contributed by atoms with van der Waals surface area (Å²) in [4.78, 5) is 10.2. The highest BCUT2D eigenvalue weighted by molar-refractivity contribution is 9.13. The van der Waals surface area contributed by atoms with Gasteiger partial charge in [0.2, 0.25) is 0 Å². The molecule has 1 aromatic rings. The molecule has 0 aliphatic rings. The Kier molecular flexibility index (Phi) is 3.87. The minimum atomic E-state index is 0.684. The predicted molar refractivity (Wildman–Crippen MR) is 61.5 cm³/mol. The summed E-state index contributed by atoms with van der Waals surface area (Å²) in [5.41, 5.74) is 0. The monoisotopic (exact) mass is 305 g/mol. The van der Waals surface area contributed by atoms with E-state index in [9.17, 15) is 0 Å². The fraction of sp³-hybridized carbons (Fsp3) is 0.250. The van der Waals surface area contributed by atoms with Crippen molar-refractivity contribution in [2.24, 2.45) is 4.99 Å². The Morgan fingerprint density at radius 3 is 2.62 bits per heavy atom. The van der Waals surface area contributed by atoms with Gasteiger partial charge in [0.05, 0.1) is 10.8 Å². The molecule has 0 atom stereocenters. The second kappa shape index (κ2) is 4.72. The zero-order valence-electron chi connectivity index (χ0n) is 7.33. The molecule has 1 heterocycles. The average molecular weight is 307 g/mol. The number of hydrogen-bond acceptors (Lipinski definition) is 2. The predicted octanol–water partition coefficient (Wildman–Crippen LogP) is 2.83. The van der Waals surface area contributed by atoms with Gasteiger partial charge < -0.3 is 4.90 Å². The number of nitrogens with zero attached hydrogens (tertiary/aromatic N) is 3. The Morgan fingerprint density at radius 2 is 2.08 bits per heavy atom. The summed E-state index contributed by atoms with van der Waals surface area (Å²) in [6, 6.07) is 3.74. The van der Waals surface area contributed by atoms with E-state index in [1.807, 2.05) is 31.1 Å². The summed E-state index contributed by atoms with van der Waals surface area (Å²) in [7, 11) is 3.83. The summed E-state index contributed by atoms with van der Waals surface area (Å²) in [5.74, 6) is 0.684. The minimum absolute atomic E-state index is 0.684. The van der Waals surface area contributed by atoms with E-state index in [2.05, 4.69) is 41.8 Å². The van der Waals surface area contributed by atoms with E-state index in [4.69, 9.17) is 0 Å². The maximum Gasteiger partial charge on any atom is 0.154 e.